The van der Waals surface area contributed by atoms with Gasteiger partial charge in [0.1, 0.15) is 0 Å². The largest absolute Gasteiger partial charge is 0.385 e. The highest BCUT2D eigenvalue weighted by molar-refractivity contribution is 4.79. The van der Waals surface area contributed by atoms with Gasteiger partial charge >= 0.3 is 0 Å². The summed E-state index contributed by atoms with van der Waals surface area (Å²) in [6.07, 6.45) is 6.70. The van der Waals surface area contributed by atoms with Crippen LogP contribution >= 0.6 is 0 Å². The van der Waals surface area contributed by atoms with E-state index in [0.29, 0.717) is 0 Å². The molecule has 1 saturated carbocycles. The minimum absolute atomic E-state index is 0.793. The number of methoxy groups -OCH3 is 1. The van der Waals surface area contributed by atoms with Crippen molar-refractivity contribution in [3.05, 3.63) is 0 Å². The fourth-order valence-electron chi connectivity index (χ4n) is 2.15. The number of nitrogens with one attached hydrogen (secondary N) is 1. The van der Waals surface area contributed by atoms with Crippen molar-refractivity contribution in [1.29, 1.82) is 0 Å². The van der Waals surface area contributed by atoms with Gasteiger partial charge in [-0.25, -0.2) is 0 Å². The molecule has 1 N–H and O–H groups in total. The third kappa shape index (κ3) is 4.10. The van der Waals surface area contributed by atoms with Crippen LogP contribution in [0.2, 0.25) is 0 Å². The quantitative estimate of drug-likeness (QED) is 0.640. The van der Waals surface area contributed by atoms with Crippen molar-refractivity contribution in [1.82, 2.24) is 5.32 Å². The molecule has 1 aliphatic carbocycles. The average molecular weight is 185 g/mol. The van der Waals surface area contributed by atoms with Crippen molar-refractivity contribution in [2.75, 3.05) is 20.3 Å². The first-order chi connectivity index (χ1) is 6.36. The molecule has 0 amide bonds. The lowest BCUT2D eigenvalue weighted by atomic mass is 10.1. The molecule has 2 nitrogen and oxygen atoms in total. The van der Waals surface area contributed by atoms with E-state index < -0.39 is 0 Å². The number of ether oxygens (including phenoxy) is 1. The lowest BCUT2D eigenvalue weighted by molar-refractivity contribution is 0.193. The van der Waals surface area contributed by atoms with Crippen LogP contribution in [0.1, 0.15) is 39.0 Å². The molecule has 0 aliphatic heterocycles. The maximum atomic E-state index is 5.01. The lowest BCUT2D eigenvalue weighted by Crippen LogP contribution is -2.28. The summed E-state index contributed by atoms with van der Waals surface area (Å²) < 4.78 is 5.01. The molecule has 0 heterocycles. The van der Waals surface area contributed by atoms with Gasteiger partial charge in [0.15, 0.2) is 0 Å². The molecule has 0 spiro atoms. The summed E-state index contributed by atoms with van der Waals surface area (Å²) >= 11 is 0. The Balaban J connectivity index is 1.97. The molecule has 0 radical (unpaired) electrons. The maximum absolute atomic E-state index is 5.01. The molecule has 2 atom stereocenters. The molecule has 0 aromatic carbocycles. The van der Waals surface area contributed by atoms with Crippen molar-refractivity contribution >= 4 is 0 Å². The van der Waals surface area contributed by atoms with E-state index in [0.717, 1.165) is 31.5 Å². The van der Waals surface area contributed by atoms with Crippen LogP contribution in [0, 0.1) is 5.92 Å². The van der Waals surface area contributed by atoms with Gasteiger partial charge in [-0.3, -0.25) is 0 Å². The topological polar surface area (TPSA) is 21.3 Å². The van der Waals surface area contributed by atoms with Crippen LogP contribution in [0.25, 0.3) is 0 Å². The summed E-state index contributed by atoms with van der Waals surface area (Å²) in [6, 6.07) is 0.793. The molecule has 0 aromatic heterocycles. The van der Waals surface area contributed by atoms with Gasteiger partial charge in [-0.15, -0.1) is 0 Å². The molecule has 78 valence electrons. The van der Waals surface area contributed by atoms with E-state index in [1.807, 2.05) is 0 Å². The van der Waals surface area contributed by atoms with E-state index >= 15 is 0 Å². The van der Waals surface area contributed by atoms with Crippen LogP contribution in [-0.4, -0.2) is 26.3 Å². The summed E-state index contributed by atoms with van der Waals surface area (Å²) in [6.45, 7) is 4.31. The molecule has 0 saturated heterocycles. The van der Waals surface area contributed by atoms with Crippen LogP contribution in [0.15, 0.2) is 0 Å². The zero-order valence-corrected chi connectivity index (χ0v) is 9.01. The molecular formula is C11H23NO. The second-order valence-electron chi connectivity index (χ2n) is 4.08. The summed E-state index contributed by atoms with van der Waals surface area (Å²) in [5.74, 6) is 0.986. The Bertz CT molecular complexity index is 127. The Kier molecular flexibility index (Phi) is 5.40. The van der Waals surface area contributed by atoms with Crippen LogP contribution < -0.4 is 5.32 Å². The third-order valence-electron chi connectivity index (χ3n) is 3.08. The van der Waals surface area contributed by atoms with Gasteiger partial charge in [-0.2, -0.15) is 0 Å². The van der Waals surface area contributed by atoms with E-state index in [9.17, 15) is 0 Å². The highest BCUT2D eigenvalue weighted by Gasteiger charge is 2.22. The number of hydrogen-bond acceptors (Lipinski definition) is 2. The Morgan fingerprint density at radius 2 is 2.23 bits per heavy atom. The molecule has 1 fully saturated rings. The predicted molar refractivity (Wildman–Crippen MR) is 55.9 cm³/mol. The second-order valence-corrected chi connectivity index (χ2v) is 4.08. The monoisotopic (exact) mass is 185 g/mol. The summed E-state index contributed by atoms with van der Waals surface area (Å²) in [7, 11) is 1.77. The van der Waals surface area contributed by atoms with Crippen LogP contribution in [0.5, 0.6) is 0 Å². The fourth-order valence-corrected chi connectivity index (χ4v) is 2.15. The zero-order chi connectivity index (χ0) is 9.52. The number of rotatable bonds is 6. The molecule has 1 rings (SSSR count). The van der Waals surface area contributed by atoms with Crippen LogP contribution in [0.4, 0.5) is 0 Å². The second kappa shape index (κ2) is 6.39. The van der Waals surface area contributed by atoms with Gasteiger partial charge in [0, 0.05) is 19.8 Å². The predicted octanol–water partition coefficient (Wildman–Crippen LogP) is 2.19. The van der Waals surface area contributed by atoms with Gasteiger partial charge in [-0.1, -0.05) is 13.3 Å². The van der Waals surface area contributed by atoms with Gasteiger partial charge < -0.3 is 10.1 Å². The highest BCUT2D eigenvalue weighted by atomic mass is 16.5. The van der Waals surface area contributed by atoms with Gasteiger partial charge in [0.25, 0.3) is 0 Å². The zero-order valence-electron chi connectivity index (χ0n) is 9.01. The van der Waals surface area contributed by atoms with Crippen molar-refractivity contribution < 1.29 is 4.74 Å². The first kappa shape index (κ1) is 11.0. The first-order valence-electron chi connectivity index (χ1n) is 5.59. The fraction of sp³-hybridized carbons (Fsp3) is 1.00. The van der Waals surface area contributed by atoms with Crippen molar-refractivity contribution in [2.45, 2.75) is 45.1 Å². The lowest BCUT2D eigenvalue weighted by Gasteiger charge is -2.12. The van der Waals surface area contributed by atoms with Gasteiger partial charge in [-0.05, 0) is 38.1 Å². The van der Waals surface area contributed by atoms with E-state index in [1.165, 1.54) is 25.7 Å². The van der Waals surface area contributed by atoms with Gasteiger partial charge in [0.05, 0.1) is 0 Å². The normalized spacial score (nSPS) is 28.2. The highest BCUT2D eigenvalue weighted by Crippen LogP contribution is 2.27. The maximum Gasteiger partial charge on any atom is 0.0474 e. The molecular weight excluding hydrogens is 162 g/mol. The Labute approximate surface area is 82.0 Å². The third-order valence-corrected chi connectivity index (χ3v) is 3.08. The molecule has 0 aromatic rings. The van der Waals surface area contributed by atoms with Crippen molar-refractivity contribution in [2.24, 2.45) is 5.92 Å². The average Bonchev–Trinajstić information content (AvgIpc) is 2.60. The summed E-state index contributed by atoms with van der Waals surface area (Å²) in [5.41, 5.74) is 0. The van der Waals surface area contributed by atoms with Crippen molar-refractivity contribution in [3.63, 3.8) is 0 Å². The van der Waals surface area contributed by atoms with Gasteiger partial charge in [0.2, 0.25) is 0 Å². The van der Waals surface area contributed by atoms with Crippen LogP contribution in [0.3, 0.4) is 0 Å². The Hall–Kier alpha value is -0.0800. The standard InChI is InChI=1S/C11H23NO/c1-3-10-5-6-11(9-10)12-7-4-8-13-2/h10-12H,3-9H2,1-2H3. The minimum Gasteiger partial charge on any atom is -0.385 e. The smallest absolute Gasteiger partial charge is 0.0474 e. The Morgan fingerprint density at radius 1 is 1.38 bits per heavy atom. The first-order valence-corrected chi connectivity index (χ1v) is 5.59. The molecule has 2 heteroatoms. The molecule has 13 heavy (non-hydrogen) atoms. The number of hydrogen-bond donors (Lipinski definition) is 1. The van der Waals surface area contributed by atoms with Crippen molar-refractivity contribution in [3.8, 4) is 0 Å². The minimum atomic E-state index is 0.793. The molecule has 2 unspecified atom stereocenters. The van der Waals surface area contributed by atoms with E-state index in [2.05, 4.69) is 12.2 Å². The van der Waals surface area contributed by atoms with Crippen LogP contribution in [-0.2, 0) is 4.74 Å². The summed E-state index contributed by atoms with van der Waals surface area (Å²) in [5, 5.41) is 3.60. The molecule has 0 bridgehead atoms. The van der Waals surface area contributed by atoms with E-state index in [4.69, 9.17) is 4.74 Å². The Morgan fingerprint density at radius 3 is 2.85 bits per heavy atom. The SMILES string of the molecule is CCC1CCC(NCCCOC)C1. The molecule has 1 aliphatic rings. The summed E-state index contributed by atoms with van der Waals surface area (Å²) in [4.78, 5) is 0. The van der Waals surface area contributed by atoms with E-state index in [-0.39, 0.29) is 0 Å². The van der Waals surface area contributed by atoms with E-state index in [1.54, 1.807) is 7.11 Å².